The van der Waals surface area contributed by atoms with Crippen LogP contribution in [0.2, 0.25) is 0 Å². The van der Waals surface area contributed by atoms with Crippen LogP contribution in [0.3, 0.4) is 0 Å². The molecule has 1 N–H and O–H groups in total. The first kappa shape index (κ1) is 18.1. The highest BCUT2D eigenvalue weighted by atomic mass is 32.1. The highest BCUT2D eigenvalue weighted by molar-refractivity contribution is 7.13. The molecule has 1 amide bonds. The van der Waals surface area contributed by atoms with E-state index in [1.807, 2.05) is 5.38 Å². The summed E-state index contributed by atoms with van der Waals surface area (Å²) in [5.74, 6) is 0.0422. The van der Waals surface area contributed by atoms with Crippen LogP contribution in [0, 0.1) is 6.92 Å². The molecular formula is C20H26N2O2S. The maximum absolute atomic E-state index is 12.2. The van der Waals surface area contributed by atoms with E-state index in [1.54, 1.807) is 11.3 Å². The van der Waals surface area contributed by atoms with Gasteiger partial charge in [0.05, 0.1) is 18.2 Å². The van der Waals surface area contributed by atoms with Crippen molar-refractivity contribution in [3.63, 3.8) is 0 Å². The van der Waals surface area contributed by atoms with Gasteiger partial charge in [-0.1, -0.05) is 29.8 Å². The lowest BCUT2D eigenvalue weighted by atomic mass is 10.1. The largest absolute Gasteiger partial charge is 0.378 e. The summed E-state index contributed by atoms with van der Waals surface area (Å²) in [4.78, 5) is 16.8. The number of rotatable bonds is 7. The first-order chi connectivity index (χ1) is 12.1. The smallest absolute Gasteiger partial charge is 0.226 e. The van der Waals surface area contributed by atoms with E-state index in [4.69, 9.17) is 4.74 Å². The van der Waals surface area contributed by atoms with Crippen molar-refractivity contribution in [3.8, 4) is 10.6 Å². The topological polar surface area (TPSA) is 51.2 Å². The van der Waals surface area contributed by atoms with Crippen LogP contribution in [0.1, 0.15) is 43.9 Å². The molecule has 0 aliphatic carbocycles. The maximum atomic E-state index is 12.2. The molecule has 0 spiro atoms. The Hall–Kier alpha value is -1.72. The van der Waals surface area contributed by atoms with Crippen LogP contribution in [-0.4, -0.2) is 29.6 Å². The Morgan fingerprint density at radius 2 is 2.20 bits per heavy atom. The van der Waals surface area contributed by atoms with E-state index in [0.29, 0.717) is 12.5 Å². The van der Waals surface area contributed by atoms with Crippen LogP contribution >= 0.6 is 11.3 Å². The van der Waals surface area contributed by atoms with Crippen LogP contribution in [0.4, 0.5) is 0 Å². The fourth-order valence-electron chi connectivity index (χ4n) is 3.09. The standard InChI is InChI=1S/C20H26N2O2S/c1-14-5-8-16(9-6-14)20-22-17(13-25-20)12-19(23)21-15(2)7-10-18-4-3-11-24-18/h5-6,8-9,13,15,18H,3-4,7,10-12H2,1-2H3,(H,21,23). The highest BCUT2D eigenvalue weighted by Crippen LogP contribution is 2.24. The van der Waals surface area contributed by atoms with Gasteiger partial charge in [0.1, 0.15) is 5.01 Å². The summed E-state index contributed by atoms with van der Waals surface area (Å²) < 4.78 is 5.63. The summed E-state index contributed by atoms with van der Waals surface area (Å²) in [5, 5.41) is 6.02. The monoisotopic (exact) mass is 358 g/mol. The molecule has 1 aromatic carbocycles. The SMILES string of the molecule is Cc1ccc(-c2nc(CC(=O)NC(C)CCC3CCCO3)cs2)cc1. The lowest BCUT2D eigenvalue weighted by Gasteiger charge is -2.16. The number of thiazole rings is 1. The number of aryl methyl sites for hydroxylation is 1. The van der Waals surface area contributed by atoms with E-state index < -0.39 is 0 Å². The van der Waals surface area contributed by atoms with Gasteiger partial charge in [0.25, 0.3) is 0 Å². The second-order valence-corrected chi connectivity index (χ2v) is 7.73. The summed E-state index contributed by atoms with van der Waals surface area (Å²) in [5.41, 5.74) is 3.17. The van der Waals surface area contributed by atoms with E-state index in [9.17, 15) is 4.79 Å². The number of aromatic nitrogens is 1. The first-order valence-corrected chi connectivity index (χ1v) is 9.90. The van der Waals surface area contributed by atoms with E-state index in [1.165, 1.54) is 12.0 Å². The van der Waals surface area contributed by atoms with Crippen LogP contribution < -0.4 is 5.32 Å². The number of amides is 1. The van der Waals surface area contributed by atoms with Crippen molar-refractivity contribution in [1.82, 2.24) is 10.3 Å². The van der Waals surface area contributed by atoms with Gasteiger partial charge >= 0.3 is 0 Å². The van der Waals surface area contributed by atoms with E-state index in [2.05, 4.69) is 48.4 Å². The van der Waals surface area contributed by atoms with Crippen LogP contribution in [0.5, 0.6) is 0 Å². The highest BCUT2D eigenvalue weighted by Gasteiger charge is 2.17. The molecule has 0 radical (unpaired) electrons. The van der Waals surface area contributed by atoms with Gasteiger partial charge in [-0.2, -0.15) is 0 Å². The van der Waals surface area contributed by atoms with Gasteiger partial charge in [0, 0.05) is 23.6 Å². The molecular weight excluding hydrogens is 332 g/mol. The molecule has 134 valence electrons. The number of carbonyl (C=O) groups is 1. The first-order valence-electron chi connectivity index (χ1n) is 9.02. The second-order valence-electron chi connectivity index (χ2n) is 6.87. The summed E-state index contributed by atoms with van der Waals surface area (Å²) >= 11 is 1.59. The van der Waals surface area contributed by atoms with Gasteiger partial charge in [-0.3, -0.25) is 4.79 Å². The number of ether oxygens (including phenoxy) is 1. The third-order valence-electron chi connectivity index (χ3n) is 4.54. The third-order valence-corrected chi connectivity index (χ3v) is 5.49. The Kier molecular flexibility index (Phi) is 6.21. The Labute approximate surface area is 153 Å². The number of nitrogens with zero attached hydrogens (tertiary/aromatic N) is 1. The number of benzene rings is 1. The normalized spacial score (nSPS) is 18.2. The minimum Gasteiger partial charge on any atom is -0.378 e. The van der Waals surface area contributed by atoms with Gasteiger partial charge in [0.2, 0.25) is 5.91 Å². The molecule has 1 aliphatic heterocycles. The lowest BCUT2D eigenvalue weighted by Crippen LogP contribution is -2.34. The van der Waals surface area contributed by atoms with Crippen LogP contribution in [0.25, 0.3) is 10.6 Å². The van der Waals surface area contributed by atoms with Crippen molar-refractivity contribution < 1.29 is 9.53 Å². The molecule has 0 saturated carbocycles. The quantitative estimate of drug-likeness (QED) is 0.810. The van der Waals surface area contributed by atoms with Gasteiger partial charge in [-0.05, 0) is 39.5 Å². The Morgan fingerprint density at radius 1 is 1.40 bits per heavy atom. The summed E-state index contributed by atoms with van der Waals surface area (Å²) in [6.07, 6.45) is 5.03. The molecule has 2 aromatic rings. The summed E-state index contributed by atoms with van der Waals surface area (Å²) in [6, 6.07) is 8.49. The molecule has 2 atom stereocenters. The van der Waals surface area contributed by atoms with E-state index in [0.717, 1.165) is 42.1 Å². The van der Waals surface area contributed by atoms with Crippen molar-refractivity contribution in [2.45, 2.75) is 58.1 Å². The molecule has 25 heavy (non-hydrogen) atoms. The molecule has 1 aliphatic rings. The molecule has 1 aromatic heterocycles. The molecule has 3 rings (SSSR count). The van der Waals surface area contributed by atoms with Crippen LogP contribution in [0.15, 0.2) is 29.6 Å². The fourth-order valence-corrected chi connectivity index (χ4v) is 3.91. The lowest BCUT2D eigenvalue weighted by molar-refractivity contribution is -0.121. The van der Waals surface area contributed by atoms with Crippen molar-refractivity contribution in [2.75, 3.05) is 6.61 Å². The number of nitrogens with one attached hydrogen (secondary N) is 1. The van der Waals surface area contributed by atoms with Crippen molar-refractivity contribution in [2.24, 2.45) is 0 Å². The van der Waals surface area contributed by atoms with Gasteiger partial charge in [-0.25, -0.2) is 4.98 Å². The molecule has 5 heteroatoms. The van der Waals surface area contributed by atoms with Gasteiger partial charge < -0.3 is 10.1 Å². The molecule has 1 fully saturated rings. The average molecular weight is 359 g/mol. The number of hydrogen-bond acceptors (Lipinski definition) is 4. The van der Waals surface area contributed by atoms with E-state index >= 15 is 0 Å². The number of hydrogen-bond donors (Lipinski definition) is 1. The summed E-state index contributed by atoms with van der Waals surface area (Å²) in [7, 11) is 0. The third kappa shape index (κ3) is 5.38. The Bertz CT molecular complexity index is 690. The second kappa shape index (κ2) is 8.59. The van der Waals surface area contributed by atoms with Crippen molar-refractivity contribution in [1.29, 1.82) is 0 Å². The zero-order valence-electron chi connectivity index (χ0n) is 15.0. The molecule has 2 unspecified atom stereocenters. The molecule has 0 bridgehead atoms. The minimum atomic E-state index is 0.0422. The zero-order chi connectivity index (χ0) is 17.6. The van der Waals surface area contributed by atoms with Crippen molar-refractivity contribution in [3.05, 3.63) is 40.9 Å². The molecule has 1 saturated heterocycles. The van der Waals surface area contributed by atoms with E-state index in [-0.39, 0.29) is 11.9 Å². The zero-order valence-corrected chi connectivity index (χ0v) is 15.8. The van der Waals surface area contributed by atoms with Gasteiger partial charge in [0.15, 0.2) is 0 Å². The fraction of sp³-hybridized carbons (Fsp3) is 0.500. The predicted molar refractivity (Wildman–Crippen MR) is 102 cm³/mol. The minimum absolute atomic E-state index is 0.0422. The van der Waals surface area contributed by atoms with Gasteiger partial charge in [-0.15, -0.1) is 11.3 Å². The van der Waals surface area contributed by atoms with Crippen LogP contribution in [-0.2, 0) is 16.0 Å². The Balaban J connectivity index is 1.46. The summed E-state index contributed by atoms with van der Waals surface area (Å²) in [6.45, 7) is 5.02. The predicted octanol–water partition coefficient (Wildman–Crippen LogP) is 4.12. The number of carbonyl (C=O) groups excluding carboxylic acids is 1. The molecule has 4 nitrogen and oxygen atoms in total. The average Bonchev–Trinajstić information content (AvgIpc) is 3.25. The Morgan fingerprint density at radius 3 is 2.92 bits per heavy atom. The maximum Gasteiger partial charge on any atom is 0.226 e. The molecule has 2 heterocycles. The van der Waals surface area contributed by atoms with Crippen molar-refractivity contribution >= 4 is 17.2 Å².